The number of aromatic hydroxyl groups is 1. The minimum Gasteiger partial charge on any atom is -0.508 e. The molecule has 1 aromatic rings. The Hall–Kier alpha value is -1.10. The molecule has 4 nitrogen and oxygen atoms in total. The molecular formula is C22H34N2O2. The second kappa shape index (κ2) is 7.87. The molecule has 1 atom stereocenters. The lowest BCUT2D eigenvalue weighted by atomic mass is 9.64. The van der Waals surface area contributed by atoms with Gasteiger partial charge in [0.25, 0.3) is 0 Å². The molecule has 0 amide bonds. The lowest BCUT2D eigenvalue weighted by Gasteiger charge is -2.52. The fourth-order valence-electron chi connectivity index (χ4n) is 5.75. The first kappa shape index (κ1) is 18.3. The van der Waals surface area contributed by atoms with Gasteiger partial charge in [-0.3, -0.25) is 4.90 Å². The Labute approximate surface area is 157 Å². The van der Waals surface area contributed by atoms with Gasteiger partial charge in [0.1, 0.15) is 5.75 Å². The summed E-state index contributed by atoms with van der Waals surface area (Å²) in [6.45, 7) is 5.72. The maximum absolute atomic E-state index is 10.1. The zero-order chi connectivity index (χ0) is 18.0. The summed E-state index contributed by atoms with van der Waals surface area (Å²) in [4.78, 5) is 5.20. The lowest BCUT2D eigenvalue weighted by molar-refractivity contribution is -0.0499. The molecule has 4 rings (SSSR count). The highest BCUT2D eigenvalue weighted by molar-refractivity contribution is 5.27. The number of aliphatic hydroxyl groups is 1. The van der Waals surface area contributed by atoms with E-state index in [1.807, 2.05) is 12.1 Å². The molecule has 1 aliphatic carbocycles. The summed E-state index contributed by atoms with van der Waals surface area (Å²) < 4.78 is 0. The van der Waals surface area contributed by atoms with E-state index in [1.54, 1.807) is 6.07 Å². The van der Waals surface area contributed by atoms with Gasteiger partial charge in [0, 0.05) is 31.7 Å². The van der Waals surface area contributed by atoms with Crippen molar-refractivity contribution >= 4 is 0 Å². The summed E-state index contributed by atoms with van der Waals surface area (Å²) in [7, 11) is 0. The standard InChI is InChI=1S/C22H34N2O2/c25-17-19-16-23(15-18-4-3-7-21(26)14-18)11-8-22(19)9-12-24(13-10-22)20-5-1-2-6-20/h3-4,7,14,19-20,25-26H,1-2,5-6,8-13,15-17H2/t19-/m1/s1. The molecule has 144 valence electrons. The van der Waals surface area contributed by atoms with E-state index < -0.39 is 0 Å². The van der Waals surface area contributed by atoms with Crippen LogP contribution in [-0.2, 0) is 6.54 Å². The fourth-order valence-corrected chi connectivity index (χ4v) is 5.75. The fraction of sp³-hybridized carbons (Fsp3) is 0.727. The Bertz CT molecular complexity index is 592. The van der Waals surface area contributed by atoms with Gasteiger partial charge < -0.3 is 15.1 Å². The molecule has 1 aromatic carbocycles. The molecular weight excluding hydrogens is 324 g/mol. The van der Waals surface area contributed by atoms with Crippen LogP contribution in [0, 0.1) is 11.3 Å². The van der Waals surface area contributed by atoms with Crippen LogP contribution in [0.3, 0.4) is 0 Å². The predicted octanol–water partition coefficient (Wildman–Crippen LogP) is 3.23. The van der Waals surface area contributed by atoms with E-state index in [-0.39, 0.29) is 0 Å². The van der Waals surface area contributed by atoms with Crippen molar-refractivity contribution < 1.29 is 10.2 Å². The summed E-state index contributed by atoms with van der Waals surface area (Å²) in [6, 6.07) is 8.42. The summed E-state index contributed by atoms with van der Waals surface area (Å²) in [5.41, 5.74) is 1.51. The second-order valence-electron chi connectivity index (χ2n) is 8.87. The average Bonchev–Trinajstić information content (AvgIpc) is 3.19. The lowest BCUT2D eigenvalue weighted by Crippen LogP contribution is -2.54. The van der Waals surface area contributed by atoms with E-state index in [2.05, 4.69) is 15.9 Å². The number of phenolic OH excluding ortho intramolecular Hbond substituents is 1. The number of rotatable bonds is 4. The summed E-state index contributed by atoms with van der Waals surface area (Å²) >= 11 is 0. The molecule has 4 heteroatoms. The highest BCUT2D eigenvalue weighted by Crippen LogP contribution is 2.46. The molecule has 0 aromatic heterocycles. The molecule has 1 spiro atoms. The minimum atomic E-state index is 0.306. The van der Waals surface area contributed by atoms with Crippen LogP contribution in [0.25, 0.3) is 0 Å². The van der Waals surface area contributed by atoms with Gasteiger partial charge in [0.2, 0.25) is 0 Å². The highest BCUT2D eigenvalue weighted by atomic mass is 16.3. The van der Waals surface area contributed by atoms with Crippen molar-refractivity contribution in [3.8, 4) is 5.75 Å². The summed E-state index contributed by atoms with van der Waals surface area (Å²) in [5, 5.41) is 19.8. The molecule has 0 unspecified atom stereocenters. The van der Waals surface area contributed by atoms with E-state index in [4.69, 9.17) is 0 Å². The van der Waals surface area contributed by atoms with Crippen molar-refractivity contribution in [3.63, 3.8) is 0 Å². The van der Waals surface area contributed by atoms with Crippen molar-refractivity contribution in [2.24, 2.45) is 11.3 Å². The SMILES string of the molecule is OC[C@H]1CN(Cc2cccc(O)c2)CCC12CCN(C1CCCC1)CC2. The molecule has 2 N–H and O–H groups in total. The van der Waals surface area contributed by atoms with Gasteiger partial charge in [0.15, 0.2) is 0 Å². The second-order valence-corrected chi connectivity index (χ2v) is 8.87. The van der Waals surface area contributed by atoms with Crippen LogP contribution in [0.1, 0.15) is 50.5 Å². The number of hydrogen-bond donors (Lipinski definition) is 2. The summed E-state index contributed by atoms with van der Waals surface area (Å²) in [6.07, 6.45) is 9.34. The highest BCUT2D eigenvalue weighted by Gasteiger charge is 2.45. The number of nitrogens with zero attached hydrogens (tertiary/aromatic N) is 2. The topological polar surface area (TPSA) is 46.9 Å². The summed E-state index contributed by atoms with van der Waals surface area (Å²) in [5.74, 6) is 0.730. The van der Waals surface area contributed by atoms with Crippen LogP contribution >= 0.6 is 0 Å². The van der Waals surface area contributed by atoms with Gasteiger partial charge in [-0.15, -0.1) is 0 Å². The zero-order valence-electron chi connectivity index (χ0n) is 15.9. The van der Waals surface area contributed by atoms with Crippen molar-refractivity contribution in [1.82, 2.24) is 9.80 Å². The third-order valence-corrected chi connectivity index (χ3v) is 7.44. The predicted molar refractivity (Wildman–Crippen MR) is 104 cm³/mol. The maximum Gasteiger partial charge on any atom is 0.115 e. The minimum absolute atomic E-state index is 0.306. The quantitative estimate of drug-likeness (QED) is 0.867. The number of benzene rings is 1. The van der Waals surface area contributed by atoms with Gasteiger partial charge in [-0.05, 0) is 74.8 Å². The first-order chi connectivity index (χ1) is 12.7. The van der Waals surface area contributed by atoms with E-state index >= 15 is 0 Å². The van der Waals surface area contributed by atoms with Gasteiger partial charge in [0.05, 0.1) is 0 Å². The third kappa shape index (κ3) is 3.78. The van der Waals surface area contributed by atoms with Gasteiger partial charge in [-0.25, -0.2) is 0 Å². The van der Waals surface area contributed by atoms with Crippen LogP contribution in [0.4, 0.5) is 0 Å². The van der Waals surface area contributed by atoms with E-state index in [9.17, 15) is 10.2 Å². The Kier molecular flexibility index (Phi) is 5.53. The van der Waals surface area contributed by atoms with Crippen molar-refractivity contribution in [2.75, 3.05) is 32.8 Å². The van der Waals surface area contributed by atoms with Crippen LogP contribution in [0.2, 0.25) is 0 Å². The molecule has 0 bridgehead atoms. The van der Waals surface area contributed by atoms with Crippen LogP contribution in [0.15, 0.2) is 24.3 Å². The van der Waals surface area contributed by atoms with E-state index in [0.29, 0.717) is 23.7 Å². The Morgan fingerprint density at radius 3 is 2.46 bits per heavy atom. The molecule has 26 heavy (non-hydrogen) atoms. The maximum atomic E-state index is 10.1. The van der Waals surface area contributed by atoms with E-state index in [0.717, 1.165) is 31.2 Å². The first-order valence-corrected chi connectivity index (χ1v) is 10.5. The van der Waals surface area contributed by atoms with Crippen LogP contribution in [-0.4, -0.2) is 58.8 Å². The van der Waals surface area contributed by atoms with Gasteiger partial charge in [-0.2, -0.15) is 0 Å². The number of phenols is 1. The number of hydrogen-bond acceptors (Lipinski definition) is 4. The van der Waals surface area contributed by atoms with E-state index in [1.165, 1.54) is 58.0 Å². The molecule has 2 aliphatic heterocycles. The van der Waals surface area contributed by atoms with Gasteiger partial charge >= 0.3 is 0 Å². The molecule has 2 heterocycles. The zero-order valence-corrected chi connectivity index (χ0v) is 15.9. The van der Waals surface area contributed by atoms with Crippen molar-refractivity contribution in [1.29, 1.82) is 0 Å². The Morgan fingerprint density at radius 2 is 1.77 bits per heavy atom. The smallest absolute Gasteiger partial charge is 0.115 e. The molecule has 2 saturated heterocycles. The Balaban J connectivity index is 1.36. The average molecular weight is 359 g/mol. The number of piperidine rings is 2. The number of likely N-dealkylation sites (tertiary alicyclic amines) is 2. The van der Waals surface area contributed by atoms with Crippen molar-refractivity contribution in [3.05, 3.63) is 29.8 Å². The van der Waals surface area contributed by atoms with Gasteiger partial charge in [-0.1, -0.05) is 25.0 Å². The number of aliphatic hydroxyl groups excluding tert-OH is 1. The first-order valence-electron chi connectivity index (χ1n) is 10.5. The largest absolute Gasteiger partial charge is 0.508 e. The molecule has 1 saturated carbocycles. The molecule has 0 radical (unpaired) electrons. The third-order valence-electron chi connectivity index (χ3n) is 7.44. The normalized spacial score (nSPS) is 28.0. The monoisotopic (exact) mass is 358 g/mol. The van der Waals surface area contributed by atoms with Crippen molar-refractivity contribution in [2.45, 2.75) is 57.5 Å². The Morgan fingerprint density at radius 1 is 1.04 bits per heavy atom. The molecule has 3 aliphatic rings. The van der Waals surface area contributed by atoms with Crippen LogP contribution < -0.4 is 0 Å². The molecule has 3 fully saturated rings. The van der Waals surface area contributed by atoms with Crippen LogP contribution in [0.5, 0.6) is 5.75 Å².